The molecule has 0 spiro atoms. The van der Waals surface area contributed by atoms with Gasteiger partial charge < -0.3 is 4.74 Å². The lowest BCUT2D eigenvalue weighted by atomic mass is 10.0. The number of aromatic nitrogens is 2. The highest BCUT2D eigenvalue weighted by Crippen LogP contribution is 2.33. The van der Waals surface area contributed by atoms with E-state index in [0.717, 1.165) is 33.9 Å². The van der Waals surface area contributed by atoms with E-state index >= 15 is 0 Å². The van der Waals surface area contributed by atoms with E-state index in [1.165, 1.54) is 0 Å². The lowest BCUT2D eigenvalue weighted by molar-refractivity contribution is 0.415. The number of nitrogens with zero attached hydrogens (tertiary/aromatic N) is 2. The van der Waals surface area contributed by atoms with Crippen molar-refractivity contribution in [3.63, 3.8) is 0 Å². The first kappa shape index (κ1) is 13.6. The van der Waals surface area contributed by atoms with Gasteiger partial charge in [-0.15, -0.1) is 0 Å². The smallest absolute Gasteiger partial charge is 0.137 e. The van der Waals surface area contributed by atoms with Gasteiger partial charge in [-0.1, -0.05) is 48.5 Å². The maximum Gasteiger partial charge on any atom is 0.137 e. The summed E-state index contributed by atoms with van der Waals surface area (Å²) in [4.78, 5) is 4.84. The van der Waals surface area contributed by atoms with Gasteiger partial charge in [-0.3, -0.25) is 4.40 Å². The molecule has 0 unspecified atom stereocenters. The van der Waals surface area contributed by atoms with Crippen LogP contribution in [0.3, 0.4) is 0 Å². The summed E-state index contributed by atoms with van der Waals surface area (Å²) in [6, 6.07) is 24.4. The van der Waals surface area contributed by atoms with Crippen LogP contribution in [0.1, 0.15) is 0 Å². The van der Waals surface area contributed by atoms with Gasteiger partial charge in [-0.25, -0.2) is 4.98 Å². The van der Waals surface area contributed by atoms with Crippen molar-refractivity contribution in [3.05, 3.63) is 79.0 Å². The Morgan fingerprint density at radius 2 is 1.61 bits per heavy atom. The van der Waals surface area contributed by atoms with Crippen LogP contribution in [0.2, 0.25) is 0 Å². The molecule has 23 heavy (non-hydrogen) atoms. The summed E-state index contributed by atoms with van der Waals surface area (Å²) in [7, 11) is 1.68. The van der Waals surface area contributed by atoms with Gasteiger partial charge in [0.1, 0.15) is 11.4 Å². The summed E-state index contributed by atoms with van der Waals surface area (Å²) in [5, 5.41) is 0. The molecule has 2 aromatic carbocycles. The molecule has 4 aromatic rings. The van der Waals surface area contributed by atoms with Crippen LogP contribution >= 0.6 is 0 Å². The number of hydrogen-bond acceptors (Lipinski definition) is 2. The number of imidazole rings is 1. The molecule has 2 aromatic heterocycles. The van der Waals surface area contributed by atoms with Gasteiger partial charge in [0.15, 0.2) is 0 Å². The fourth-order valence-corrected chi connectivity index (χ4v) is 2.84. The van der Waals surface area contributed by atoms with Crippen molar-refractivity contribution >= 4 is 5.65 Å². The SMILES string of the molecule is COc1cccc(-c2nc3ccccn3c2-c2ccccc2)c1. The molecular formula is C20H16N2O. The first-order chi connectivity index (χ1) is 11.4. The van der Waals surface area contributed by atoms with Gasteiger partial charge in [0, 0.05) is 17.3 Å². The molecule has 0 aliphatic rings. The maximum absolute atomic E-state index is 5.36. The van der Waals surface area contributed by atoms with E-state index in [0.29, 0.717) is 0 Å². The molecule has 0 saturated carbocycles. The molecule has 0 amide bonds. The molecule has 0 aliphatic heterocycles. The number of methoxy groups -OCH3 is 1. The van der Waals surface area contributed by atoms with Crippen LogP contribution in [0.4, 0.5) is 0 Å². The predicted octanol–water partition coefficient (Wildman–Crippen LogP) is 4.68. The molecule has 4 rings (SSSR count). The van der Waals surface area contributed by atoms with Crippen molar-refractivity contribution in [2.45, 2.75) is 0 Å². The van der Waals surface area contributed by atoms with Crippen molar-refractivity contribution in [1.29, 1.82) is 0 Å². The van der Waals surface area contributed by atoms with E-state index < -0.39 is 0 Å². The van der Waals surface area contributed by atoms with Crippen molar-refractivity contribution < 1.29 is 4.74 Å². The topological polar surface area (TPSA) is 26.5 Å². The summed E-state index contributed by atoms with van der Waals surface area (Å²) in [5.41, 5.74) is 5.18. The Bertz CT molecular complexity index is 958. The summed E-state index contributed by atoms with van der Waals surface area (Å²) in [6.07, 6.45) is 2.05. The van der Waals surface area contributed by atoms with Crippen LogP contribution in [0.5, 0.6) is 5.75 Å². The first-order valence-corrected chi connectivity index (χ1v) is 7.54. The van der Waals surface area contributed by atoms with Crippen LogP contribution in [-0.4, -0.2) is 16.5 Å². The van der Waals surface area contributed by atoms with Gasteiger partial charge in [0.05, 0.1) is 18.5 Å². The Balaban J connectivity index is 2.02. The number of benzene rings is 2. The van der Waals surface area contributed by atoms with Crippen LogP contribution < -0.4 is 4.74 Å². The third-order valence-electron chi connectivity index (χ3n) is 3.92. The number of hydrogen-bond donors (Lipinski definition) is 0. The molecule has 0 aliphatic carbocycles. The number of pyridine rings is 1. The van der Waals surface area contributed by atoms with E-state index in [-0.39, 0.29) is 0 Å². The number of fused-ring (bicyclic) bond motifs is 1. The van der Waals surface area contributed by atoms with Gasteiger partial charge in [-0.05, 0) is 24.3 Å². The molecule has 0 N–H and O–H groups in total. The summed E-state index contributed by atoms with van der Waals surface area (Å²) < 4.78 is 7.49. The van der Waals surface area contributed by atoms with Crippen molar-refractivity contribution in [2.24, 2.45) is 0 Å². The molecule has 0 radical (unpaired) electrons. The van der Waals surface area contributed by atoms with Crippen LogP contribution in [0, 0.1) is 0 Å². The van der Waals surface area contributed by atoms with Gasteiger partial charge in [0.25, 0.3) is 0 Å². The minimum absolute atomic E-state index is 0.832. The highest BCUT2D eigenvalue weighted by Gasteiger charge is 2.15. The average molecular weight is 300 g/mol. The van der Waals surface area contributed by atoms with E-state index in [1.807, 2.05) is 60.8 Å². The molecule has 112 valence electrons. The van der Waals surface area contributed by atoms with E-state index in [1.54, 1.807) is 7.11 Å². The van der Waals surface area contributed by atoms with Crippen molar-refractivity contribution in [3.8, 4) is 28.3 Å². The zero-order valence-electron chi connectivity index (χ0n) is 12.8. The lowest BCUT2D eigenvalue weighted by Gasteiger charge is -2.07. The van der Waals surface area contributed by atoms with Gasteiger partial charge >= 0.3 is 0 Å². The maximum atomic E-state index is 5.36. The second kappa shape index (κ2) is 5.61. The minimum atomic E-state index is 0.832. The van der Waals surface area contributed by atoms with Crippen LogP contribution in [0.15, 0.2) is 79.0 Å². The zero-order valence-corrected chi connectivity index (χ0v) is 12.8. The van der Waals surface area contributed by atoms with Gasteiger partial charge in [0.2, 0.25) is 0 Å². The van der Waals surface area contributed by atoms with Crippen LogP contribution in [0.25, 0.3) is 28.2 Å². The van der Waals surface area contributed by atoms with E-state index in [4.69, 9.17) is 9.72 Å². The summed E-state index contributed by atoms with van der Waals surface area (Å²) in [6.45, 7) is 0. The predicted molar refractivity (Wildman–Crippen MR) is 92.6 cm³/mol. The molecule has 2 heterocycles. The second-order valence-electron chi connectivity index (χ2n) is 5.34. The molecule has 0 fully saturated rings. The quantitative estimate of drug-likeness (QED) is 0.549. The Morgan fingerprint density at radius 3 is 2.43 bits per heavy atom. The molecule has 0 saturated heterocycles. The Kier molecular flexibility index (Phi) is 3.31. The van der Waals surface area contributed by atoms with E-state index in [9.17, 15) is 0 Å². The minimum Gasteiger partial charge on any atom is -0.497 e. The Morgan fingerprint density at radius 1 is 0.826 bits per heavy atom. The van der Waals surface area contributed by atoms with Crippen molar-refractivity contribution in [2.75, 3.05) is 7.11 Å². The molecule has 0 atom stereocenters. The molecular weight excluding hydrogens is 284 g/mol. The largest absolute Gasteiger partial charge is 0.497 e. The molecule has 3 nitrogen and oxygen atoms in total. The third-order valence-corrected chi connectivity index (χ3v) is 3.92. The van der Waals surface area contributed by atoms with E-state index in [2.05, 4.69) is 22.6 Å². The third kappa shape index (κ3) is 2.36. The summed E-state index contributed by atoms with van der Waals surface area (Å²) in [5.74, 6) is 0.832. The Hall–Kier alpha value is -3.07. The Labute approximate surface area is 134 Å². The molecule has 0 bridgehead atoms. The average Bonchev–Trinajstić information content (AvgIpc) is 3.02. The summed E-state index contributed by atoms with van der Waals surface area (Å²) >= 11 is 0. The monoisotopic (exact) mass is 300 g/mol. The van der Waals surface area contributed by atoms with Crippen molar-refractivity contribution in [1.82, 2.24) is 9.38 Å². The second-order valence-corrected chi connectivity index (χ2v) is 5.34. The number of ether oxygens (including phenoxy) is 1. The highest BCUT2D eigenvalue weighted by molar-refractivity contribution is 5.82. The highest BCUT2D eigenvalue weighted by atomic mass is 16.5. The van der Waals surface area contributed by atoms with Crippen LogP contribution in [-0.2, 0) is 0 Å². The fourth-order valence-electron chi connectivity index (χ4n) is 2.84. The lowest BCUT2D eigenvalue weighted by Crippen LogP contribution is -1.89. The fraction of sp³-hybridized carbons (Fsp3) is 0.0500. The van der Waals surface area contributed by atoms with Gasteiger partial charge in [-0.2, -0.15) is 0 Å². The molecule has 3 heteroatoms. The normalized spacial score (nSPS) is 10.8. The number of rotatable bonds is 3. The zero-order chi connectivity index (χ0) is 15.6. The first-order valence-electron chi connectivity index (χ1n) is 7.54. The standard InChI is InChI=1S/C20H16N2O/c1-23-17-11-7-10-16(14-17)19-20(15-8-3-2-4-9-15)22-13-6-5-12-18(22)21-19/h2-14H,1H3.